The average molecular weight is 311 g/mol. The summed E-state index contributed by atoms with van der Waals surface area (Å²) in [6, 6.07) is 6.59. The lowest BCUT2D eigenvalue weighted by Crippen LogP contribution is -2.37. The molecule has 118 valence electrons. The van der Waals surface area contributed by atoms with Gasteiger partial charge in [0.25, 0.3) is 0 Å². The minimum Gasteiger partial charge on any atom is -0.384 e. The number of ether oxygens (including phenoxy) is 1. The zero-order valence-electron chi connectivity index (χ0n) is 13.1. The van der Waals surface area contributed by atoms with Crippen LogP contribution in [0.3, 0.4) is 0 Å². The molecule has 21 heavy (non-hydrogen) atoms. The van der Waals surface area contributed by atoms with Crippen LogP contribution in [0.5, 0.6) is 0 Å². The van der Waals surface area contributed by atoms with E-state index >= 15 is 0 Å². The number of piperidine rings is 1. The van der Waals surface area contributed by atoms with Gasteiger partial charge in [-0.3, -0.25) is 0 Å². The highest BCUT2D eigenvalue weighted by molar-refractivity contribution is 6.31. The van der Waals surface area contributed by atoms with Gasteiger partial charge in [0.15, 0.2) is 0 Å². The fraction of sp³-hybridized carbons (Fsp3) is 0.647. The highest BCUT2D eigenvalue weighted by Crippen LogP contribution is 2.28. The summed E-state index contributed by atoms with van der Waals surface area (Å²) in [5, 5.41) is 0.838. The largest absolute Gasteiger partial charge is 0.384 e. The number of rotatable bonds is 6. The molecule has 2 atom stereocenters. The van der Waals surface area contributed by atoms with E-state index in [9.17, 15) is 0 Å². The molecule has 3 nitrogen and oxygen atoms in total. The molecule has 0 amide bonds. The highest BCUT2D eigenvalue weighted by atomic mass is 35.5. The normalized spacial score (nSPS) is 20.6. The number of benzene rings is 1. The molecule has 1 aromatic rings. The Morgan fingerprint density at radius 2 is 2.29 bits per heavy atom. The number of hydrogen-bond acceptors (Lipinski definition) is 3. The van der Waals surface area contributed by atoms with Gasteiger partial charge >= 0.3 is 0 Å². The van der Waals surface area contributed by atoms with Crippen molar-refractivity contribution < 1.29 is 4.74 Å². The second-order valence-electron chi connectivity index (χ2n) is 6.06. The summed E-state index contributed by atoms with van der Waals surface area (Å²) in [4.78, 5) is 2.42. The van der Waals surface area contributed by atoms with E-state index in [-0.39, 0.29) is 6.04 Å². The van der Waals surface area contributed by atoms with Gasteiger partial charge in [0.1, 0.15) is 0 Å². The number of nitrogens with two attached hydrogens (primary N) is 1. The Morgan fingerprint density at radius 1 is 1.48 bits per heavy atom. The first-order valence-corrected chi connectivity index (χ1v) is 8.29. The van der Waals surface area contributed by atoms with Gasteiger partial charge in [0, 0.05) is 37.0 Å². The Bertz CT molecular complexity index is 450. The van der Waals surface area contributed by atoms with Crippen LogP contribution < -0.4 is 10.6 Å². The Hall–Kier alpha value is -0.770. The third kappa shape index (κ3) is 4.60. The van der Waals surface area contributed by atoms with Crippen LogP contribution in [0.15, 0.2) is 18.2 Å². The Morgan fingerprint density at radius 3 is 2.95 bits per heavy atom. The van der Waals surface area contributed by atoms with Crippen molar-refractivity contribution in [2.45, 2.75) is 38.6 Å². The van der Waals surface area contributed by atoms with E-state index in [1.807, 2.05) is 0 Å². The predicted octanol–water partition coefficient (Wildman–Crippen LogP) is 3.48. The maximum absolute atomic E-state index is 6.44. The number of anilines is 1. The van der Waals surface area contributed by atoms with Crippen molar-refractivity contribution in [2.75, 3.05) is 31.7 Å². The van der Waals surface area contributed by atoms with E-state index in [2.05, 4.69) is 30.0 Å². The van der Waals surface area contributed by atoms with Crippen LogP contribution in [0.2, 0.25) is 5.02 Å². The number of methoxy groups -OCH3 is 1. The Labute approximate surface area is 133 Å². The summed E-state index contributed by atoms with van der Waals surface area (Å²) in [6.45, 7) is 5.10. The molecule has 2 N–H and O–H groups in total. The smallest absolute Gasteiger partial charge is 0.0507 e. The van der Waals surface area contributed by atoms with Crippen molar-refractivity contribution in [1.29, 1.82) is 0 Å². The van der Waals surface area contributed by atoms with Crippen LogP contribution in [0.25, 0.3) is 0 Å². The fourth-order valence-corrected chi connectivity index (χ4v) is 3.25. The number of hydrogen-bond donors (Lipinski definition) is 1. The third-order valence-corrected chi connectivity index (χ3v) is 4.68. The van der Waals surface area contributed by atoms with Crippen molar-refractivity contribution in [3.8, 4) is 0 Å². The first kappa shape index (κ1) is 16.6. The zero-order valence-corrected chi connectivity index (χ0v) is 13.9. The van der Waals surface area contributed by atoms with E-state index in [1.54, 1.807) is 7.11 Å². The first-order chi connectivity index (χ1) is 10.1. The molecule has 0 aromatic heterocycles. The third-order valence-electron chi connectivity index (χ3n) is 4.33. The average Bonchev–Trinajstić information content (AvgIpc) is 2.49. The quantitative estimate of drug-likeness (QED) is 0.874. The minimum absolute atomic E-state index is 0.189. The second kappa shape index (κ2) is 8.02. The second-order valence-corrected chi connectivity index (χ2v) is 6.46. The summed E-state index contributed by atoms with van der Waals surface area (Å²) >= 11 is 6.44. The van der Waals surface area contributed by atoms with Crippen molar-refractivity contribution in [3.63, 3.8) is 0 Å². The molecule has 0 radical (unpaired) electrons. The van der Waals surface area contributed by atoms with Crippen LogP contribution >= 0.6 is 11.6 Å². The molecule has 2 unspecified atom stereocenters. The van der Waals surface area contributed by atoms with Gasteiger partial charge in [0.2, 0.25) is 0 Å². The predicted molar refractivity (Wildman–Crippen MR) is 90.2 cm³/mol. The molecule has 1 aliphatic rings. The molecule has 1 saturated heterocycles. The van der Waals surface area contributed by atoms with Crippen LogP contribution in [0.4, 0.5) is 5.69 Å². The van der Waals surface area contributed by atoms with E-state index < -0.39 is 0 Å². The molecule has 1 fully saturated rings. The van der Waals surface area contributed by atoms with Gasteiger partial charge < -0.3 is 15.4 Å². The van der Waals surface area contributed by atoms with Gasteiger partial charge in [-0.05, 0) is 49.3 Å². The summed E-state index contributed by atoms with van der Waals surface area (Å²) < 4.78 is 5.30. The van der Waals surface area contributed by atoms with Crippen molar-refractivity contribution in [2.24, 2.45) is 11.7 Å². The summed E-state index contributed by atoms with van der Waals surface area (Å²) in [5.41, 5.74) is 8.39. The van der Waals surface area contributed by atoms with Crippen molar-refractivity contribution >= 4 is 17.3 Å². The molecule has 4 heteroatoms. The van der Waals surface area contributed by atoms with Crippen molar-refractivity contribution in [3.05, 3.63) is 28.8 Å². The molecule has 1 aromatic carbocycles. The lowest BCUT2D eigenvalue weighted by molar-refractivity contribution is 0.143. The molecule has 1 aliphatic heterocycles. The number of halogens is 1. The van der Waals surface area contributed by atoms with E-state index in [0.717, 1.165) is 43.1 Å². The van der Waals surface area contributed by atoms with E-state index in [1.165, 1.54) is 18.5 Å². The zero-order chi connectivity index (χ0) is 15.2. The maximum atomic E-state index is 6.44. The van der Waals surface area contributed by atoms with Gasteiger partial charge in [-0.15, -0.1) is 0 Å². The van der Waals surface area contributed by atoms with Gasteiger partial charge in [-0.2, -0.15) is 0 Å². The minimum atomic E-state index is 0.189. The summed E-state index contributed by atoms with van der Waals surface area (Å²) in [7, 11) is 1.78. The van der Waals surface area contributed by atoms with Crippen LogP contribution in [0.1, 0.15) is 31.7 Å². The molecule has 0 spiro atoms. The fourth-order valence-electron chi connectivity index (χ4n) is 3.00. The molecule has 2 rings (SSSR count). The maximum Gasteiger partial charge on any atom is 0.0507 e. The van der Waals surface area contributed by atoms with Gasteiger partial charge in [-0.1, -0.05) is 24.6 Å². The standard InChI is InChI=1S/C17H27ClN2O/c1-3-15(19)9-14-6-7-16(10-17(14)18)20-8-4-5-13(11-20)12-21-2/h6-7,10,13,15H,3-5,8-9,11-12,19H2,1-2H3. The van der Waals surface area contributed by atoms with Crippen LogP contribution in [-0.4, -0.2) is 32.8 Å². The SMILES string of the molecule is CCC(N)Cc1ccc(N2CCCC(COC)C2)cc1Cl. The molecule has 1 heterocycles. The highest BCUT2D eigenvalue weighted by Gasteiger charge is 2.20. The first-order valence-electron chi connectivity index (χ1n) is 7.92. The lowest BCUT2D eigenvalue weighted by atomic mass is 9.98. The summed E-state index contributed by atoms with van der Waals surface area (Å²) in [6.07, 6.45) is 4.29. The van der Waals surface area contributed by atoms with Crippen LogP contribution in [-0.2, 0) is 11.2 Å². The van der Waals surface area contributed by atoms with Crippen LogP contribution in [0, 0.1) is 5.92 Å². The van der Waals surface area contributed by atoms with Crippen molar-refractivity contribution in [1.82, 2.24) is 0 Å². The van der Waals surface area contributed by atoms with Gasteiger partial charge in [-0.25, -0.2) is 0 Å². The Balaban J connectivity index is 2.05. The Kier molecular flexibility index (Phi) is 6.34. The number of nitrogens with zero attached hydrogens (tertiary/aromatic N) is 1. The molecule has 0 aliphatic carbocycles. The van der Waals surface area contributed by atoms with E-state index in [4.69, 9.17) is 22.1 Å². The molecule has 0 bridgehead atoms. The topological polar surface area (TPSA) is 38.5 Å². The monoisotopic (exact) mass is 310 g/mol. The van der Waals surface area contributed by atoms with E-state index in [0.29, 0.717) is 5.92 Å². The molecule has 0 saturated carbocycles. The molecular weight excluding hydrogens is 284 g/mol. The van der Waals surface area contributed by atoms with Gasteiger partial charge in [0.05, 0.1) is 6.61 Å². The summed E-state index contributed by atoms with van der Waals surface area (Å²) in [5.74, 6) is 0.621. The lowest BCUT2D eigenvalue weighted by Gasteiger charge is -2.34. The molecular formula is C17H27ClN2O.